The van der Waals surface area contributed by atoms with E-state index in [0.29, 0.717) is 6.54 Å². The summed E-state index contributed by atoms with van der Waals surface area (Å²) in [5, 5.41) is 0. The Labute approximate surface area is 175 Å². The molecule has 0 saturated heterocycles. The molecule has 0 aliphatic heterocycles. The smallest absolute Gasteiger partial charge is 0.268 e. The van der Waals surface area contributed by atoms with Gasteiger partial charge >= 0.3 is 0 Å². The summed E-state index contributed by atoms with van der Waals surface area (Å²) < 4.78 is 22.8. The first-order valence-corrected chi connectivity index (χ1v) is 13.4. The number of nitrogens with zero attached hydrogens (tertiary/aromatic N) is 1. The summed E-state index contributed by atoms with van der Waals surface area (Å²) in [4.78, 5) is 11.9. The van der Waals surface area contributed by atoms with E-state index in [1.165, 1.54) is 57.8 Å². The summed E-state index contributed by atoms with van der Waals surface area (Å²) in [6.07, 6.45) is 15.0. The Morgan fingerprint density at radius 2 is 1.04 bits per heavy atom. The van der Waals surface area contributed by atoms with Gasteiger partial charge in [-0.2, -0.15) is 0 Å². The largest absolute Gasteiger partial charge is 0.756 e. The molecule has 0 aromatic heterocycles. The number of hydrogen-bond acceptors (Lipinski definition) is 4. The van der Waals surface area contributed by atoms with Gasteiger partial charge in [0.25, 0.3) is 7.82 Å². The third-order valence-electron chi connectivity index (χ3n) is 6.07. The van der Waals surface area contributed by atoms with Gasteiger partial charge in [-0.3, -0.25) is 4.57 Å². The zero-order valence-corrected chi connectivity index (χ0v) is 20.1. The first-order chi connectivity index (χ1) is 13.4. The van der Waals surface area contributed by atoms with Crippen molar-refractivity contribution in [1.82, 2.24) is 0 Å². The lowest BCUT2D eigenvalue weighted by molar-refractivity contribution is -0.923. The molecule has 0 radical (unpaired) electrons. The van der Waals surface area contributed by atoms with Crippen molar-refractivity contribution in [3.05, 3.63) is 0 Å². The average molecular weight is 422 g/mol. The highest BCUT2D eigenvalue weighted by Crippen LogP contribution is 2.38. The molecule has 170 valence electrons. The van der Waals surface area contributed by atoms with Crippen LogP contribution in [0.3, 0.4) is 0 Å². The second kappa shape index (κ2) is 17.9. The van der Waals surface area contributed by atoms with Gasteiger partial charge in [0, 0.05) is 0 Å². The molecule has 0 fully saturated rings. The summed E-state index contributed by atoms with van der Waals surface area (Å²) in [5.41, 5.74) is 0. The Morgan fingerprint density at radius 3 is 1.46 bits per heavy atom. The summed E-state index contributed by atoms with van der Waals surface area (Å²) >= 11 is 0. The Balaban J connectivity index is 3.57. The van der Waals surface area contributed by atoms with Gasteiger partial charge in [-0.25, -0.2) is 0 Å². The van der Waals surface area contributed by atoms with Gasteiger partial charge in [-0.1, -0.05) is 77.6 Å². The van der Waals surface area contributed by atoms with E-state index in [4.69, 9.17) is 9.05 Å². The maximum absolute atomic E-state index is 11.9. The number of rotatable bonds is 21. The molecule has 5 nitrogen and oxygen atoms in total. The van der Waals surface area contributed by atoms with Gasteiger partial charge in [0.2, 0.25) is 0 Å². The molecule has 0 aliphatic rings. The minimum Gasteiger partial charge on any atom is -0.756 e. The summed E-state index contributed by atoms with van der Waals surface area (Å²) in [6.45, 7) is 12.8. The molecule has 6 heteroatoms. The van der Waals surface area contributed by atoms with E-state index in [2.05, 4.69) is 27.7 Å². The number of likely N-dealkylation sites (N-methyl/N-ethyl adjacent to an activating group) is 1. The van der Waals surface area contributed by atoms with Crippen LogP contribution in [0.5, 0.6) is 0 Å². The second-order valence-corrected chi connectivity index (χ2v) is 9.43. The zero-order chi connectivity index (χ0) is 21.1. The van der Waals surface area contributed by atoms with E-state index < -0.39 is 7.82 Å². The third kappa shape index (κ3) is 15.0. The first kappa shape index (κ1) is 28.1. The molecular weight excluding hydrogens is 373 g/mol. The normalized spacial score (nSPS) is 14.3. The van der Waals surface area contributed by atoms with Crippen molar-refractivity contribution >= 4 is 7.82 Å². The lowest BCUT2D eigenvalue weighted by Crippen LogP contribution is -2.49. The highest BCUT2D eigenvalue weighted by molar-refractivity contribution is 7.45. The Hall–Kier alpha value is 0.0700. The molecule has 1 atom stereocenters. The van der Waals surface area contributed by atoms with Crippen LogP contribution in [0.25, 0.3) is 0 Å². The Kier molecular flexibility index (Phi) is 17.9. The van der Waals surface area contributed by atoms with Gasteiger partial charge < -0.3 is 18.4 Å². The fourth-order valence-corrected chi connectivity index (χ4v) is 4.38. The van der Waals surface area contributed by atoms with E-state index >= 15 is 0 Å². The van der Waals surface area contributed by atoms with Crippen LogP contribution >= 0.6 is 7.82 Å². The van der Waals surface area contributed by atoms with Crippen molar-refractivity contribution in [2.24, 2.45) is 0 Å². The van der Waals surface area contributed by atoms with Gasteiger partial charge in [-0.05, 0) is 27.2 Å². The van der Waals surface area contributed by atoms with Crippen LogP contribution in [0.1, 0.15) is 105 Å². The summed E-state index contributed by atoms with van der Waals surface area (Å²) in [7, 11) is -4.15. The number of unbranched alkanes of at least 4 members (excludes halogenated alkanes) is 11. The van der Waals surface area contributed by atoms with Crippen LogP contribution in [0.2, 0.25) is 0 Å². The second-order valence-electron chi connectivity index (χ2n) is 8.02. The standard InChI is InChI=1S/C22H48NO4P/c1-5-9-10-11-12-13-14-15-16-17-18-19-21-26-28(24,25)27-22-20-23(6-2,7-3)8-4/h5-22H2,1-4H3. The lowest BCUT2D eigenvalue weighted by Gasteiger charge is -2.36. The molecule has 0 aliphatic carbocycles. The van der Waals surface area contributed by atoms with Crippen molar-refractivity contribution in [2.45, 2.75) is 105 Å². The number of quaternary nitrogens is 1. The van der Waals surface area contributed by atoms with Crippen LogP contribution in [0, 0.1) is 0 Å². The van der Waals surface area contributed by atoms with Crippen LogP contribution < -0.4 is 4.89 Å². The van der Waals surface area contributed by atoms with Gasteiger partial charge in [0.1, 0.15) is 13.2 Å². The van der Waals surface area contributed by atoms with Crippen molar-refractivity contribution in [1.29, 1.82) is 0 Å². The van der Waals surface area contributed by atoms with E-state index in [1.807, 2.05) is 0 Å². The monoisotopic (exact) mass is 421 g/mol. The van der Waals surface area contributed by atoms with Gasteiger partial charge in [0.15, 0.2) is 0 Å². The minimum atomic E-state index is -4.15. The molecule has 0 amide bonds. The third-order valence-corrected chi connectivity index (χ3v) is 7.07. The van der Waals surface area contributed by atoms with E-state index in [9.17, 15) is 9.46 Å². The summed E-state index contributed by atoms with van der Waals surface area (Å²) in [5.74, 6) is 0. The van der Waals surface area contributed by atoms with Crippen LogP contribution in [0.15, 0.2) is 0 Å². The van der Waals surface area contributed by atoms with Crippen LogP contribution in [-0.4, -0.2) is 43.9 Å². The Morgan fingerprint density at radius 1 is 0.643 bits per heavy atom. The summed E-state index contributed by atoms with van der Waals surface area (Å²) in [6, 6.07) is 0. The number of phosphoric acid groups is 1. The van der Waals surface area contributed by atoms with Crippen LogP contribution in [-0.2, 0) is 13.6 Å². The van der Waals surface area contributed by atoms with Crippen molar-refractivity contribution in [2.75, 3.05) is 39.4 Å². The highest BCUT2D eigenvalue weighted by atomic mass is 31.2. The first-order valence-electron chi connectivity index (χ1n) is 11.9. The van der Waals surface area contributed by atoms with Crippen molar-refractivity contribution in [3.63, 3.8) is 0 Å². The minimum absolute atomic E-state index is 0.203. The number of hydrogen-bond donors (Lipinski definition) is 0. The molecule has 0 bridgehead atoms. The molecule has 0 aromatic rings. The molecule has 0 spiro atoms. The molecule has 0 saturated carbocycles. The lowest BCUT2D eigenvalue weighted by atomic mass is 10.1. The average Bonchev–Trinajstić information content (AvgIpc) is 2.69. The fourth-order valence-electron chi connectivity index (χ4n) is 3.65. The molecule has 1 unspecified atom stereocenters. The molecule has 0 rings (SSSR count). The van der Waals surface area contributed by atoms with E-state index in [0.717, 1.165) is 43.4 Å². The van der Waals surface area contributed by atoms with Gasteiger partial charge in [-0.15, -0.1) is 0 Å². The molecule has 0 heterocycles. The zero-order valence-electron chi connectivity index (χ0n) is 19.3. The Bertz CT molecular complexity index is 380. The van der Waals surface area contributed by atoms with Gasteiger partial charge in [0.05, 0.1) is 26.2 Å². The number of phosphoric ester groups is 1. The predicted molar refractivity (Wildman–Crippen MR) is 117 cm³/mol. The molecular formula is C22H48NO4P. The highest BCUT2D eigenvalue weighted by Gasteiger charge is 2.21. The van der Waals surface area contributed by atoms with Crippen molar-refractivity contribution < 1.29 is 23.0 Å². The van der Waals surface area contributed by atoms with Crippen LogP contribution in [0.4, 0.5) is 0 Å². The molecule has 28 heavy (non-hydrogen) atoms. The maximum atomic E-state index is 11.9. The SMILES string of the molecule is CCCCCCCCCCCCCCOP(=O)([O-])OCC[N+](CC)(CC)CC. The maximum Gasteiger partial charge on any atom is 0.268 e. The van der Waals surface area contributed by atoms with E-state index in [-0.39, 0.29) is 13.2 Å². The topological polar surface area (TPSA) is 58.6 Å². The van der Waals surface area contributed by atoms with E-state index in [1.54, 1.807) is 0 Å². The quantitative estimate of drug-likeness (QED) is 0.128. The van der Waals surface area contributed by atoms with Crippen molar-refractivity contribution in [3.8, 4) is 0 Å². The predicted octanol–water partition coefficient (Wildman–Crippen LogP) is 6.07. The molecule has 0 N–H and O–H groups in total. The molecule has 0 aromatic carbocycles. The fraction of sp³-hybridized carbons (Fsp3) is 1.00.